The summed E-state index contributed by atoms with van der Waals surface area (Å²) in [7, 11) is 0. The molecule has 0 fully saturated rings. The van der Waals surface area contributed by atoms with Gasteiger partial charge in [0.1, 0.15) is 5.75 Å². The zero-order valence-electron chi connectivity index (χ0n) is 10.7. The van der Waals surface area contributed by atoms with Crippen molar-refractivity contribution >= 4 is 39.0 Å². The van der Waals surface area contributed by atoms with Crippen molar-refractivity contribution in [1.29, 1.82) is 0 Å². The van der Waals surface area contributed by atoms with E-state index < -0.39 is 0 Å². The van der Waals surface area contributed by atoms with Crippen LogP contribution in [-0.2, 0) is 0 Å². The van der Waals surface area contributed by atoms with Crippen LogP contribution >= 0.6 is 39.0 Å². The van der Waals surface area contributed by atoms with Crippen LogP contribution in [0.3, 0.4) is 0 Å². The first-order valence-electron chi connectivity index (χ1n) is 6.35. The molecule has 3 heterocycles. The minimum absolute atomic E-state index is 0.0368. The van der Waals surface area contributed by atoms with Crippen LogP contribution in [0.15, 0.2) is 32.5 Å². The number of nitrogens with one attached hydrogen (secondary N) is 1. The van der Waals surface area contributed by atoms with Gasteiger partial charge in [0.25, 0.3) is 0 Å². The normalized spacial score (nSPS) is 27.2. The second kappa shape index (κ2) is 4.39. The summed E-state index contributed by atoms with van der Waals surface area (Å²) in [5, 5.41) is 1.04. The fraction of sp³-hybridized carbons (Fsp3) is 0.357. The maximum Gasteiger partial charge on any atom is 0.305 e. The quantitative estimate of drug-likeness (QED) is 0.766. The van der Waals surface area contributed by atoms with Gasteiger partial charge in [0, 0.05) is 32.0 Å². The Morgan fingerprint density at radius 1 is 1.50 bits per heavy atom. The molecule has 0 saturated carbocycles. The van der Waals surface area contributed by atoms with Crippen molar-refractivity contribution in [2.45, 2.75) is 17.9 Å². The molecule has 2 unspecified atom stereocenters. The molecule has 2 aliphatic heterocycles. The highest BCUT2D eigenvalue weighted by atomic mass is 79.9. The lowest BCUT2D eigenvalue weighted by Crippen LogP contribution is -2.40. The Labute approximate surface area is 132 Å². The highest BCUT2D eigenvalue weighted by molar-refractivity contribution is 9.10. The zero-order valence-corrected chi connectivity index (χ0v) is 14.0. The van der Waals surface area contributed by atoms with E-state index in [9.17, 15) is 4.79 Å². The lowest BCUT2D eigenvalue weighted by molar-refractivity contribution is 0.137. The highest BCUT2D eigenvalue weighted by Crippen LogP contribution is 2.56. The molecule has 6 heteroatoms. The maximum absolute atomic E-state index is 11.7. The largest absolute Gasteiger partial charge is 0.493 e. The predicted octanol–water partition coefficient (Wildman–Crippen LogP) is 3.84. The third-order valence-electron chi connectivity index (χ3n) is 3.99. The number of H-pyrrole nitrogens is 1. The first kappa shape index (κ1) is 13.0. The van der Waals surface area contributed by atoms with Crippen LogP contribution < -0.4 is 9.61 Å². The van der Waals surface area contributed by atoms with Gasteiger partial charge in [-0.05, 0) is 18.2 Å². The molecule has 0 aliphatic carbocycles. The van der Waals surface area contributed by atoms with Crippen LogP contribution in [0.25, 0.3) is 0 Å². The third kappa shape index (κ3) is 1.81. The molecule has 1 N–H and O–H groups in total. The van der Waals surface area contributed by atoms with Crippen molar-refractivity contribution in [1.82, 2.24) is 4.98 Å². The maximum atomic E-state index is 11.7. The van der Waals surface area contributed by atoms with Gasteiger partial charge < -0.3 is 9.72 Å². The number of fused-ring (bicyclic) bond motifs is 5. The Bertz CT molecular complexity index is 754. The molecule has 0 bridgehead atoms. The Morgan fingerprint density at radius 3 is 3.20 bits per heavy atom. The van der Waals surface area contributed by atoms with Crippen LogP contribution in [0.5, 0.6) is 5.75 Å². The summed E-state index contributed by atoms with van der Waals surface area (Å²) in [5.74, 6) is 2.14. The number of thioether (sulfide) groups is 1. The van der Waals surface area contributed by atoms with E-state index in [1.807, 2.05) is 12.1 Å². The molecule has 3 nitrogen and oxygen atoms in total. The minimum atomic E-state index is 0.0368. The number of hydrogen-bond donors (Lipinski definition) is 1. The molecular weight excluding hydrogens is 358 g/mol. The first-order chi connectivity index (χ1) is 9.57. The van der Waals surface area contributed by atoms with E-state index in [1.54, 1.807) is 11.8 Å². The molecular formula is C14H12BrNO2S2. The number of aromatic nitrogens is 1. The summed E-state index contributed by atoms with van der Waals surface area (Å²) in [6.45, 7) is 2.95. The average Bonchev–Trinajstić information content (AvgIpc) is 2.78. The summed E-state index contributed by atoms with van der Waals surface area (Å²) in [4.78, 5) is 15.9. The van der Waals surface area contributed by atoms with Crippen LogP contribution in [0.4, 0.5) is 0 Å². The van der Waals surface area contributed by atoms with Gasteiger partial charge in [-0.25, -0.2) is 0 Å². The highest BCUT2D eigenvalue weighted by Gasteiger charge is 2.47. The Balaban J connectivity index is 1.98. The fourth-order valence-corrected chi connectivity index (χ4v) is 5.94. The number of benzene rings is 1. The van der Waals surface area contributed by atoms with Crippen molar-refractivity contribution in [3.63, 3.8) is 0 Å². The van der Waals surface area contributed by atoms with Crippen LogP contribution in [0.1, 0.15) is 23.3 Å². The summed E-state index contributed by atoms with van der Waals surface area (Å²) in [6.07, 6.45) is 0. The van der Waals surface area contributed by atoms with Gasteiger partial charge in [0.2, 0.25) is 0 Å². The number of hydrogen-bond acceptors (Lipinski definition) is 4. The van der Waals surface area contributed by atoms with Gasteiger partial charge >= 0.3 is 4.87 Å². The van der Waals surface area contributed by atoms with Crippen LogP contribution in [-0.4, -0.2) is 17.3 Å². The summed E-state index contributed by atoms with van der Waals surface area (Å²) in [6, 6.07) is 6.14. The van der Waals surface area contributed by atoms with Crippen molar-refractivity contribution < 1.29 is 4.74 Å². The van der Waals surface area contributed by atoms with E-state index in [0.29, 0.717) is 6.61 Å². The van der Waals surface area contributed by atoms with E-state index >= 15 is 0 Å². The van der Waals surface area contributed by atoms with Crippen molar-refractivity contribution in [2.75, 3.05) is 12.4 Å². The van der Waals surface area contributed by atoms with E-state index in [4.69, 9.17) is 4.74 Å². The standard InChI is InChI=1S/C14H12BrNO2S2/c1-14-5-18-9-3-2-7(15)4-8(9)10(14)11-12(19-6-14)16-13(17)20-11/h2-4,10H,5-6H2,1H3,(H,16,17). The van der Waals surface area contributed by atoms with Gasteiger partial charge in [-0.3, -0.25) is 4.79 Å². The molecule has 2 aromatic rings. The van der Waals surface area contributed by atoms with Gasteiger partial charge in [-0.1, -0.05) is 34.2 Å². The number of ether oxygens (including phenoxy) is 1. The van der Waals surface area contributed by atoms with E-state index in [1.165, 1.54) is 16.9 Å². The molecule has 0 amide bonds. The van der Waals surface area contributed by atoms with E-state index in [2.05, 4.69) is 33.9 Å². The summed E-state index contributed by atoms with van der Waals surface area (Å²) in [5.41, 5.74) is 1.22. The van der Waals surface area contributed by atoms with Gasteiger partial charge in [-0.15, -0.1) is 11.8 Å². The summed E-state index contributed by atoms with van der Waals surface area (Å²) >= 11 is 6.62. The Morgan fingerprint density at radius 2 is 2.35 bits per heavy atom. The van der Waals surface area contributed by atoms with E-state index in [0.717, 1.165) is 25.9 Å². The van der Waals surface area contributed by atoms with Crippen molar-refractivity contribution in [3.8, 4) is 5.75 Å². The molecule has 104 valence electrons. The number of aromatic amines is 1. The van der Waals surface area contributed by atoms with Gasteiger partial charge in [0.05, 0.1) is 11.6 Å². The van der Waals surface area contributed by atoms with Gasteiger partial charge in [-0.2, -0.15) is 0 Å². The van der Waals surface area contributed by atoms with Crippen molar-refractivity contribution in [2.24, 2.45) is 5.41 Å². The SMILES string of the molecule is CC12COc3ccc(Br)cc3C1c1sc(=O)[nH]c1SC2. The molecule has 1 aromatic carbocycles. The number of thiazole rings is 1. The Kier molecular flexibility index (Phi) is 2.85. The molecule has 2 atom stereocenters. The second-order valence-corrected chi connectivity index (χ2v) is 8.47. The fourth-order valence-electron chi connectivity index (χ4n) is 3.02. The topological polar surface area (TPSA) is 42.1 Å². The van der Waals surface area contributed by atoms with E-state index in [-0.39, 0.29) is 16.2 Å². The Hall–Kier alpha value is -0.720. The molecule has 2 aliphatic rings. The number of rotatable bonds is 0. The van der Waals surface area contributed by atoms with Crippen LogP contribution in [0, 0.1) is 5.41 Å². The lowest BCUT2D eigenvalue weighted by atomic mass is 9.72. The van der Waals surface area contributed by atoms with Crippen LogP contribution in [0.2, 0.25) is 0 Å². The molecule has 0 radical (unpaired) electrons. The monoisotopic (exact) mass is 369 g/mol. The summed E-state index contributed by atoms with van der Waals surface area (Å²) < 4.78 is 7.00. The molecule has 1 aromatic heterocycles. The smallest absolute Gasteiger partial charge is 0.305 e. The van der Waals surface area contributed by atoms with Gasteiger partial charge in [0.15, 0.2) is 0 Å². The molecule has 0 saturated heterocycles. The first-order valence-corrected chi connectivity index (χ1v) is 8.94. The molecule has 4 rings (SSSR count). The predicted molar refractivity (Wildman–Crippen MR) is 85.3 cm³/mol. The number of halogens is 1. The average molecular weight is 370 g/mol. The third-order valence-corrected chi connectivity index (χ3v) is 6.97. The zero-order chi connectivity index (χ0) is 13.9. The molecule has 0 spiro atoms. The lowest BCUT2D eigenvalue weighted by Gasteiger charge is -2.44. The minimum Gasteiger partial charge on any atom is -0.493 e. The molecule has 20 heavy (non-hydrogen) atoms. The second-order valence-electron chi connectivity index (χ2n) is 5.55. The van der Waals surface area contributed by atoms with Crippen molar-refractivity contribution in [3.05, 3.63) is 42.8 Å².